The number of nitrogens with zero attached hydrogens (tertiary/aromatic N) is 1. The van der Waals surface area contributed by atoms with Gasteiger partial charge in [0.1, 0.15) is 5.82 Å². The highest BCUT2D eigenvalue weighted by molar-refractivity contribution is 6.07. The molecule has 0 unspecified atom stereocenters. The molecule has 0 radical (unpaired) electrons. The molecule has 24 heavy (non-hydrogen) atoms. The first-order valence-corrected chi connectivity index (χ1v) is 7.93. The maximum Gasteiger partial charge on any atom is 0.255 e. The van der Waals surface area contributed by atoms with Crippen LogP contribution in [0.3, 0.4) is 0 Å². The quantitative estimate of drug-likeness (QED) is 0.926. The third-order valence-corrected chi connectivity index (χ3v) is 4.00. The molecule has 1 aliphatic carbocycles. The zero-order valence-electron chi connectivity index (χ0n) is 13.7. The molecule has 0 spiro atoms. The van der Waals surface area contributed by atoms with E-state index in [9.17, 15) is 14.0 Å². The van der Waals surface area contributed by atoms with E-state index >= 15 is 0 Å². The summed E-state index contributed by atoms with van der Waals surface area (Å²) in [4.78, 5) is 26.1. The molecule has 1 saturated carbocycles. The van der Waals surface area contributed by atoms with Gasteiger partial charge in [-0.15, -0.1) is 0 Å². The Morgan fingerprint density at radius 1 is 1.17 bits per heavy atom. The van der Waals surface area contributed by atoms with Crippen LogP contribution in [0.2, 0.25) is 0 Å². The van der Waals surface area contributed by atoms with E-state index in [-0.39, 0.29) is 17.9 Å². The fraction of sp³-hybridized carbons (Fsp3) is 0.263. The monoisotopic (exact) mass is 326 g/mol. The van der Waals surface area contributed by atoms with Crippen LogP contribution in [0.25, 0.3) is 0 Å². The van der Waals surface area contributed by atoms with Gasteiger partial charge in [0.15, 0.2) is 0 Å². The fourth-order valence-corrected chi connectivity index (χ4v) is 2.76. The van der Waals surface area contributed by atoms with E-state index in [2.05, 4.69) is 5.32 Å². The number of aryl methyl sites for hydroxylation is 1. The van der Waals surface area contributed by atoms with Crippen molar-refractivity contribution in [2.45, 2.75) is 32.7 Å². The van der Waals surface area contributed by atoms with E-state index in [1.807, 2.05) is 13.0 Å². The second kappa shape index (κ2) is 6.43. The number of hydrogen-bond acceptors (Lipinski definition) is 2. The molecule has 0 bridgehead atoms. The molecule has 1 N–H and O–H groups in total. The molecule has 1 fully saturated rings. The molecule has 0 atom stereocenters. The summed E-state index contributed by atoms with van der Waals surface area (Å²) in [6, 6.07) is 11.4. The smallest absolute Gasteiger partial charge is 0.255 e. The summed E-state index contributed by atoms with van der Waals surface area (Å²) in [6.45, 7) is 3.38. The molecule has 3 rings (SSSR count). The molecule has 0 saturated heterocycles. The molecule has 0 aliphatic heterocycles. The SMILES string of the molecule is CC(=O)N(c1ccc(F)cc1NC(=O)c1cccc(C)c1)C1CC1. The second-order valence-corrected chi connectivity index (χ2v) is 6.11. The van der Waals surface area contributed by atoms with Crippen molar-refractivity contribution in [1.29, 1.82) is 0 Å². The van der Waals surface area contributed by atoms with Crippen LogP contribution < -0.4 is 10.2 Å². The highest BCUT2D eigenvalue weighted by atomic mass is 19.1. The van der Waals surface area contributed by atoms with Gasteiger partial charge >= 0.3 is 0 Å². The zero-order chi connectivity index (χ0) is 17.3. The van der Waals surface area contributed by atoms with E-state index in [1.54, 1.807) is 29.2 Å². The van der Waals surface area contributed by atoms with Gasteiger partial charge < -0.3 is 10.2 Å². The predicted molar refractivity (Wildman–Crippen MR) is 91.7 cm³/mol. The molecular formula is C19H19FN2O2. The van der Waals surface area contributed by atoms with Gasteiger partial charge in [0.05, 0.1) is 11.4 Å². The third-order valence-electron chi connectivity index (χ3n) is 4.00. The lowest BCUT2D eigenvalue weighted by Crippen LogP contribution is -2.31. The summed E-state index contributed by atoms with van der Waals surface area (Å²) in [5.74, 6) is -0.905. The number of hydrogen-bond donors (Lipinski definition) is 1. The number of nitrogens with one attached hydrogen (secondary N) is 1. The zero-order valence-corrected chi connectivity index (χ0v) is 13.7. The number of halogens is 1. The summed E-state index contributed by atoms with van der Waals surface area (Å²) < 4.78 is 13.7. The summed E-state index contributed by atoms with van der Waals surface area (Å²) >= 11 is 0. The summed E-state index contributed by atoms with van der Waals surface area (Å²) in [6.07, 6.45) is 1.84. The molecule has 0 aromatic heterocycles. The molecule has 1 aliphatic rings. The highest BCUT2D eigenvalue weighted by Crippen LogP contribution is 2.36. The average molecular weight is 326 g/mol. The Morgan fingerprint density at radius 3 is 2.54 bits per heavy atom. The normalized spacial score (nSPS) is 13.5. The predicted octanol–water partition coefficient (Wildman–Crippen LogP) is 3.90. The first kappa shape index (κ1) is 16.2. The van der Waals surface area contributed by atoms with Crippen molar-refractivity contribution < 1.29 is 14.0 Å². The maximum absolute atomic E-state index is 13.7. The molecule has 0 heterocycles. The van der Waals surface area contributed by atoms with E-state index in [4.69, 9.17) is 0 Å². The Kier molecular flexibility index (Phi) is 4.34. The van der Waals surface area contributed by atoms with Crippen LogP contribution in [0, 0.1) is 12.7 Å². The van der Waals surface area contributed by atoms with Crippen LogP contribution in [-0.2, 0) is 4.79 Å². The Hall–Kier alpha value is -2.69. The van der Waals surface area contributed by atoms with E-state index < -0.39 is 5.82 Å². The van der Waals surface area contributed by atoms with Crippen LogP contribution in [0.4, 0.5) is 15.8 Å². The van der Waals surface area contributed by atoms with Crippen molar-refractivity contribution in [2.24, 2.45) is 0 Å². The van der Waals surface area contributed by atoms with Gasteiger partial charge in [-0.25, -0.2) is 4.39 Å². The van der Waals surface area contributed by atoms with Gasteiger partial charge in [-0.3, -0.25) is 9.59 Å². The molecule has 2 aromatic rings. The number of rotatable bonds is 4. The van der Waals surface area contributed by atoms with Crippen LogP contribution in [0.1, 0.15) is 35.7 Å². The maximum atomic E-state index is 13.7. The number of anilines is 2. The molecule has 4 nitrogen and oxygen atoms in total. The van der Waals surface area contributed by atoms with E-state index in [0.29, 0.717) is 16.9 Å². The standard InChI is InChI=1S/C19H19FN2O2/c1-12-4-3-5-14(10-12)19(24)21-17-11-15(20)6-9-18(17)22(13(2)23)16-7-8-16/h3-6,9-11,16H,7-8H2,1-2H3,(H,21,24). The van der Waals surface area contributed by atoms with Crippen LogP contribution in [-0.4, -0.2) is 17.9 Å². The topological polar surface area (TPSA) is 49.4 Å². The van der Waals surface area contributed by atoms with Crippen molar-refractivity contribution in [3.8, 4) is 0 Å². The van der Waals surface area contributed by atoms with Crippen molar-refractivity contribution in [3.05, 3.63) is 59.4 Å². The van der Waals surface area contributed by atoms with Crippen LogP contribution >= 0.6 is 0 Å². The van der Waals surface area contributed by atoms with Gasteiger partial charge in [-0.1, -0.05) is 17.7 Å². The Bertz CT molecular complexity index is 800. The summed E-state index contributed by atoms with van der Waals surface area (Å²) in [5.41, 5.74) is 2.30. The van der Waals surface area contributed by atoms with Crippen molar-refractivity contribution in [2.75, 3.05) is 10.2 Å². The van der Waals surface area contributed by atoms with Crippen LogP contribution in [0.15, 0.2) is 42.5 Å². The molecular weight excluding hydrogens is 307 g/mol. The van der Waals surface area contributed by atoms with E-state index in [0.717, 1.165) is 18.4 Å². The van der Waals surface area contributed by atoms with E-state index in [1.165, 1.54) is 19.1 Å². The van der Waals surface area contributed by atoms with Crippen molar-refractivity contribution in [1.82, 2.24) is 0 Å². The van der Waals surface area contributed by atoms with Gasteiger partial charge in [0.2, 0.25) is 5.91 Å². The van der Waals surface area contributed by atoms with Gasteiger partial charge in [-0.2, -0.15) is 0 Å². The molecule has 2 aromatic carbocycles. The average Bonchev–Trinajstić information content (AvgIpc) is 3.34. The number of benzene rings is 2. The van der Waals surface area contributed by atoms with Gasteiger partial charge in [-0.05, 0) is 50.1 Å². The minimum absolute atomic E-state index is 0.116. The lowest BCUT2D eigenvalue weighted by molar-refractivity contribution is -0.116. The largest absolute Gasteiger partial charge is 0.320 e. The van der Waals surface area contributed by atoms with Gasteiger partial charge in [0.25, 0.3) is 5.91 Å². The Balaban J connectivity index is 1.93. The summed E-state index contributed by atoms with van der Waals surface area (Å²) in [7, 11) is 0. The highest BCUT2D eigenvalue weighted by Gasteiger charge is 2.33. The second-order valence-electron chi connectivity index (χ2n) is 6.11. The minimum atomic E-state index is -0.461. The van der Waals surface area contributed by atoms with Crippen LogP contribution in [0.5, 0.6) is 0 Å². The van der Waals surface area contributed by atoms with Crippen molar-refractivity contribution >= 4 is 23.2 Å². The fourth-order valence-electron chi connectivity index (χ4n) is 2.76. The first-order valence-electron chi connectivity index (χ1n) is 7.93. The first-order chi connectivity index (χ1) is 11.5. The summed E-state index contributed by atoms with van der Waals surface area (Å²) in [5, 5.41) is 2.74. The number of carbonyl (C=O) groups is 2. The molecule has 2 amide bonds. The third kappa shape index (κ3) is 3.45. The Morgan fingerprint density at radius 2 is 1.92 bits per heavy atom. The Labute approximate surface area is 140 Å². The molecule has 124 valence electrons. The lowest BCUT2D eigenvalue weighted by Gasteiger charge is -2.24. The van der Waals surface area contributed by atoms with Crippen molar-refractivity contribution in [3.63, 3.8) is 0 Å². The molecule has 5 heteroatoms. The lowest BCUT2D eigenvalue weighted by atomic mass is 10.1. The minimum Gasteiger partial charge on any atom is -0.320 e. The van der Waals surface area contributed by atoms with Gasteiger partial charge in [0, 0.05) is 18.5 Å². The number of carbonyl (C=O) groups excluding carboxylic acids is 2. The number of amides is 2.